The Kier molecular flexibility index (Phi) is 5.55. The molecule has 0 aromatic heterocycles. The fourth-order valence-electron chi connectivity index (χ4n) is 2.82. The molecule has 3 rings (SSSR count). The SMILES string of the molecule is N#Cc1cccc(S(=O)(=O)N2CCN(S(=O)(=O)c3ccccc3Cl)CC2)c1. The van der Waals surface area contributed by atoms with E-state index >= 15 is 0 Å². The van der Waals surface area contributed by atoms with Gasteiger partial charge in [0.2, 0.25) is 20.0 Å². The van der Waals surface area contributed by atoms with Gasteiger partial charge in [-0.1, -0.05) is 29.8 Å². The van der Waals surface area contributed by atoms with E-state index in [9.17, 15) is 16.8 Å². The fraction of sp³-hybridized carbons (Fsp3) is 0.235. The van der Waals surface area contributed by atoms with Crippen molar-refractivity contribution in [3.05, 3.63) is 59.1 Å². The van der Waals surface area contributed by atoms with Gasteiger partial charge in [0.05, 0.1) is 21.6 Å². The maximum Gasteiger partial charge on any atom is 0.244 e. The van der Waals surface area contributed by atoms with Crippen LogP contribution in [0.1, 0.15) is 5.56 Å². The molecule has 2 aromatic rings. The van der Waals surface area contributed by atoms with Crippen molar-refractivity contribution >= 4 is 31.6 Å². The first-order valence-electron chi connectivity index (χ1n) is 8.02. The molecule has 1 saturated heterocycles. The van der Waals surface area contributed by atoms with Crippen molar-refractivity contribution in [2.75, 3.05) is 26.2 Å². The summed E-state index contributed by atoms with van der Waals surface area (Å²) in [6.07, 6.45) is 0. The Labute approximate surface area is 163 Å². The van der Waals surface area contributed by atoms with Crippen molar-refractivity contribution in [3.8, 4) is 6.07 Å². The van der Waals surface area contributed by atoms with Crippen LogP contribution in [0.3, 0.4) is 0 Å². The number of piperazine rings is 1. The summed E-state index contributed by atoms with van der Waals surface area (Å²) in [5.41, 5.74) is 0.246. The highest BCUT2D eigenvalue weighted by atomic mass is 35.5. The standard InChI is InChI=1S/C17H16ClN3O4S2/c18-16-6-1-2-7-17(16)27(24,25)21-10-8-20(9-11-21)26(22,23)15-5-3-4-14(12-15)13-19/h1-7,12H,8-11H2. The first-order valence-corrected chi connectivity index (χ1v) is 11.3. The smallest absolute Gasteiger partial charge is 0.207 e. The van der Waals surface area contributed by atoms with Crippen LogP contribution in [0, 0.1) is 11.3 Å². The van der Waals surface area contributed by atoms with Gasteiger partial charge >= 0.3 is 0 Å². The second-order valence-electron chi connectivity index (χ2n) is 5.88. The number of nitriles is 1. The van der Waals surface area contributed by atoms with Crippen molar-refractivity contribution in [2.24, 2.45) is 0 Å². The van der Waals surface area contributed by atoms with Gasteiger partial charge in [-0.05, 0) is 30.3 Å². The van der Waals surface area contributed by atoms with Crippen LogP contribution in [0.15, 0.2) is 58.3 Å². The zero-order valence-electron chi connectivity index (χ0n) is 14.1. The van der Waals surface area contributed by atoms with Gasteiger partial charge in [0.25, 0.3) is 0 Å². The molecule has 27 heavy (non-hydrogen) atoms. The van der Waals surface area contributed by atoms with Crippen molar-refractivity contribution in [1.29, 1.82) is 5.26 Å². The molecule has 0 radical (unpaired) electrons. The molecule has 10 heteroatoms. The number of benzene rings is 2. The zero-order valence-corrected chi connectivity index (χ0v) is 16.5. The summed E-state index contributed by atoms with van der Waals surface area (Å²) >= 11 is 6.00. The molecule has 0 N–H and O–H groups in total. The lowest BCUT2D eigenvalue weighted by molar-refractivity contribution is 0.273. The van der Waals surface area contributed by atoms with Gasteiger partial charge in [-0.25, -0.2) is 16.8 Å². The van der Waals surface area contributed by atoms with Gasteiger partial charge in [-0.2, -0.15) is 13.9 Å². The average Bonchev–Trinajstić information content (AvgIpc) is 2.68. The van der Waals surface area contributed by atoms with Gasteiger partial charge in [0.15, 0.2) is 0 Å². The van der Waals surface area contributed by atoms with Crippen LogP contribution in [0.5, 0.6) is 0 Å². The Hall–Kier alpha value is -1.96. The van der Waals surface area contributed by atoms with E-state index in [1.54, 1.807) is 12.1 Å². The van der Waals surface area contributed by atoms with Crippen LogP contribution in [-0.4, -0.2) is 51.6 Å². The third kappa shape index (κ3) is 3.85. The Bertz CT molecular complexity index is 1100. The number of nitrogens with zero attached hydrogens (tertiary/aromatic N) is 3. The highest BCUT2D eigenvalue weighted by Gasteiger charge is 2.34. The minimum atomic E-state index is -3.80. The van der Waals surface area contributed by atoms with E-state index in [2.05, 4.69) is 0 Å². The molecule has 1 heterocycles. The normalized spacial score (nSPS) is 16.7. The lowest BCUT2D eigenvalue weighted by Gasteiger charge is -2.33. The molecule has 142 valence electrons. The van der Waals surface area contributed by atoms with Crippen LogP contribution in [0.4, 0.5) is 0 Å². The van der Waals surface area contributed by atoms with E-state index in [-0.39, 0.29) is 46.6 Å². The topological polar surface area (TPSA) is 98.5 Å². The summed E-state index contributed by atoms with van der Waals surface area (Å²) in [4.78, 5) is 0.0219. The van der Waals surface area contributed by atoms with Gasteiger partial charge < -0.3 is 0 Å². The summed E-state index contributed by atoms with van der Waals surface area (Å²) in [6, 6.07) is 13.8. The van der Waals surface area contributed by atoms with Crippen molar-refractivity contribution in [3.63, 3.8) is 0 Å². The van der Waals surface area contributed by atoms with Crippen LogP contribution in [-0.2, 0) is 20.0 Å². The first-order chi connectivity index (χ1) is 12.8. The van der Waals surface area contributed by atoms with Gasteiger partial charge in [0.1, 0.15) is 4.90 Å². The third-order valence-corrected chi connectivity index (χ3v) is 8.55. The van der Waals surface area contributed by atoms with Crippen LogP contribution in [0.25, 0.3) is 0 Å². The second-order valence-corrected chi connectivity index (χ2v) is 10.1. The molecular weight excluding hydrogens is 410 g/mol. The zero-order chi connectivity index (χ0) is 19.7. The minimum absolute atomic E-state index is 0.00435. The van der Waals surface area contributed by atoms with Crippen LogP contribution < -0.4 is 0 Å². The molecule has 1 aliphatic rings. The Morgan fingerprint density at radius 2 is 1.44 bits per heavy atom. The highest BCUT2D eigenvalue weighted by Crippen LogP contribution is 2.26. The van der Waals surface area contributed by atoms with Gasteiger partial charge in [-0.15, -0.1) is 0 Å². The summed E-state index contributed by atoms with van der Waals surface area (Å²) < 4.78 is 53.5. The third-order valence-electron chi connectivity index (χ3n) is 4.25. The predicted octanol–water partition coefficient (Wildman–Crippen LogP) is 1.91. The van der Waals surface area contributed by atoms with Crippen LogP contribution >= 0.6 is 11.6 Å². The molecule has 7 nitrogen and oxygen atoms in total. The molecule has 0 unspecified atom stereocenters. The van der Waals surface area contributed by atoms with Crippen molar-refractivity contribution in [1.82, 2.24) is 8.61 Å². The summed E-state index contributed by atoms with van der Waals surface area (Å²) in [6.45, 7) is 0.0705. The number of sulfonamides is 2. The van der Waals surface area contributed by atoms with Crippen LogP contribution in [0.2, 0.25) is 5.02 Å². The number of hydrogen-bond acceptors (Lipinski definition) is 5. The van der Waals surface area contributed by atoms with E-state index < -0.39 is 20.0 Å². The molecule has 0 saturated carbocycles. The molecule has 0 spiro atoms. The van der Waals surface area contributed by atoms with Gasteiger partial charge in [-0.3, -0.25) is 0 Å². The minimum Gasteiger partial charge on any atom is -0.207 e. The number of rotatable bonds is 4. The summed E-state index contributed by atoms with van der Waals surface area (Å²) in [5.74, 6) is 0. The van der Waals surface area contributed by atoms with Crippen molar-refractivity contribution < 1.29 is 16.8 Å². The Morgan fingerprint density at radius 1 is 0.852 bits per heavy atom. The average molecular weight is 426 g/mol. The first kappa shape index (κ1) is 19.8. The van der Waals surface area contributed by atoms with E-state index in [1.807, 2.05) is 6.07 Å². The molecule has 2 aromatic carbocycles. The maximum absolute atomic E-state index is 12.8. The molecular formula is C17H16ClN3O4S2. The van der Waals surface area contributed by atoms with E-state index in [4.69, 9.17) is 16.9 Å². The Morgan fingerprint density at radius 3 is 2.04 bits per heavy atom. The molecule has 0 bridgehead atoms. The molecule has 1 aliphatic heterocycles. The fourth-order valence-corrected chi connectivity index (χ4v) is 6.20. The molecule has 0 atom stereocenters. The maximum atomic E-state index is 12.8. The Balaban J connectivity index is 1.79. The summed E-state index contributed by atoms with van der Waals surface area (Å²) in [7, 11) is -7.60. The number of hydrogen-bond donors (Lipinski definition) is 0. The molecule has 1 fully saturated rings. The van der Waals surface area contributed by atoms with Crippen molar-refractivity contribution in [2.45, 2.75) is 9.79 Å². The van der Waals surface area contributed by atoms with Gasteiger partial charge in [0, 0.05) is 26.2 Å². The quantitative estimate of drug-likeness (QED) is 0.745. The molecule has 0 amide bonds. The monoisotopic (exact) mass is 425 g/mol. The molecule has 0 aliphatic carbocycles. The highest BCUT2D eigenvalue weighted by molar-refractivity contribution is 7.89. The lowest BCUT2D eigenvalue weighted by atomic mass is 10.2. The lowest BCUT2D eigenvalue weighted by Crippen LogP contribution is -2.50. The van der Waals surface area contributed by atoms with E-state index in [0.29, 0.717) is 0 Å². The second kappa shape index (κ2) is 7.58. The number of halogens is 1. The predicted molar refractivity (Wildman–Crippen MR) is 100 cm³/mol. The van der Waals surface area contributed by atoms with E-state index in [1.165, 1.54) is 45.0 Å². The van der Waals surface area contributed by atoms with E-state index in [0.717, 1.165) is 0 Å². The summed E-state index contributed by atoms with van der Waals surface area (Å²) in [5, 5.41) is 9.08. The largest absolute Gasteiger partial charge is 0.244 e.